The monoisotopic (exact) mass is 277 g/mol. The summed E-state index contributed by atoms with van der Waals surface area (Å²) in [6.45, 7) is 0. The van der Waals surface area contributed by atoms with Crippen LogP contribution >= 0.6 is 11.8 Å². The number of carbonyl (C=O) groups is 1. The normalized spacial score (nSPS) is 10.4. The van der Waals surface area contributed by atoms with E-state index in [1.807, 2.05) is 11.6 Å². The average Bonchev–Trinajstić information content (AvgIpc) is 2.81. The summed E-state index contributed by atoms with van der Waals surface area (Å²) in [5, 5.41) is 11.4. The van der Waals surface area contributed by atoms with E-state index >= 15 is 0 Å². The second-order valence-electron chi connectivity index (χ2n) is 3.84. The van der Waals surface area contributed by atoms with Gasteiger partial charge in [-0.2, -0.15) is 0 Å². The molecule has 0 saturated carbocycles. The van der Waals surface area contributed by atoms with Crippen molar-refractivity contribution in [2.75, 3.05) is 5.75 Å². The van der Waals surface area contributed by atoms with Crippen molar-refractivity contribution in [2.45, 2.75) is 5.16 Å². The summed E-state index contributed by atoms with van der Waals surface area (Å²) >= 11 is 1.30. The zero-order valence-corrected chi connectivity index (χ0v) is 11.0. The molecule has 19 heavy (non-hydrogen) atoms. The molecule has 0 fully saturated rings. The van der Waals surface area contributed by atoms with Crippen LogP contribution in [-0.4, -0.2) is 26.0 Å². The Morgan fingerprint density at radius 1 is 1.53 bits per heavy atom. The highest BCUT2D eigenvalue weighted by molar-refractivity contribution is 7.99. The topological polar surface area (TPSA) is 78.0 Å². The number of aromatic nitrogens is 2. The molecule has 1 aromatic heterocycles. The van der Waals surface area contributed by atoms with Crippen LogP contribution < -0.4 is 0 Å². The maximum absolute atomic E-state index is 11.9. The van der Waals surface area contributed by atoms with Crippen LogP contribution in [0.3, 0.4) is 0 Å². The minimum Gasteiger partial charge on any atom is -0.329 e. The van der Waals surface area contributed by atoms with Gasteiger partial charge in [0.2, 0.25) is 0 Å². The summed E-state index contributed by atoms with van der Waals surface area (Å²) in [6, 6.07) is 5.75. The molecule has 2 rings (SSSR count). The summed E-state index contributed by atoms with van der Waals surface area (Å²) < 4.78 is 1.81. The number of rotatable bonds is 5. The summed E-state index contributed by atoms with van der Waals surface area (Å²) in [7, 11) is 1.84. The number of Topliss-reactive ketones (excluding diaryl/α,β-unsaturated/α-hetero) is 1. The lowest BCUT2D eigenvalue weighted by Crippen LogP contribution is -2.04. The Morgan fingerprint density at radius 3 is 2.95 bits per heavy atom. The Balaban J connectivity index is 2.06. The first-order valence-corrected chi connectivity index (χ1v) is 6.44. The van der Waals surface area contributed by atoms with E-state index in [1.165, 1.54) is 30.0 Å². The van der Waals surface area contributed by atoms with Gasteiger partial charge in [0, 0.05) is 37.1 Å². The predicted octanol–water partition coefficient (Wildman–Crippen LogP) is 2.30. The molecule has 0 unspecified atom stereocenters. The molecule has 6 nitrogen and oxygen atoms in total. The Labute approximate surface area is 113 Å². The van der Waals surface area contributed by atoms with Gasteiger partial charge in [0.1, 0.15) is 0 Å². The van der Waals surface area contributed by atoms with Crippen LogP contribution in [0.25, 0.3) is 0 Å². The molecule has 1 aromatic carbocycles. The molecule has 0 aliphatic carbocycles. The number of hydrogen-bond acceptors (Lipinski definition) is 5. The van der Waals surface area contributed by atoms with Gasteiger partial charge in [-0.3, -0.25) is 14.9 Å². The number of nitro benzene ring substituents is 1. The van der Waals surface area contributed by atoms with E-state index in [9.17, 15) is 14.9 Å². The van der Waals surface area contributed by atoms with E-state index in [-0.39, 0.29) is 17.2 Å². The van der Waals surface area contributed by atoms with Gasteiger partial charge in [0.25, 0.3) is 5.69 Å². The number of benzene rings is 1. The third-order valence-electron chi connectivity index (χ3n) is 2.49. The molecule has 0 saturated heterocycles. The Morgan fingerprint density at radius 2 is 2.32 bits per heavy atom. The van der Waals surface area contributed by atoms with E-state index in [2.05, 4.69) is 4.98 Å². The summed E-state index contributed by atoms with van der Waals surface area (Å²) in [5.41, 5.74) is 0.267. The first kappa shape index (κ1) is 13.3. The van der Waals surface area contributed by atoms with Crippen LogP contribution in [0.2, 0.25) is 0 Å². The maximum Gasteiger partial charge on any atom is 0.270 e. The minimum absolute atomic E-state index is 0.0761. The molecular formula is C12H11N3O3S. The standard InChI is InChI=1S/C12H11N3O3S/c1-14-6-5-13-12(14)19-8-11(16)9-3-2-4-10(7-9)15(17)18/h2-7H,8H2,1H3. The molecule has 0 radical (unpaired) electrons. The van der Waals surface area contributed by atoms with E-state index in [0.29, 0.717) is 5.56 Å². The van der Waals surface area contributed by atoms with Crippen LogP contribution in [0.15, 0.2) is 41.8 Å². The molecule has 2 aromatic rings. The summed E-state index contributed by atoms with van der Waals surface area (Å²) in [4.78, 5) is 26.2. The van der Waals surface area contributed by atoms with E-state index in [1.54, 1.807) is 18.5 Å². The molecular weight excluding hydrogens is 266 g/mol. The van der Waals surface area contributed by atoms with Gasteiger partial charge in [-0.25, -0.2) is 4.98 Å². The van der Waals surface area contributed by atoms with E-state index in [4.69, 9.17) is 0 Å². The molecule has 0 aliphatic heterocycles. The van der Waals surface area contributed by atoms with Crippen molar-refractivity contribution in [3.63, 3.8) is 0 Å². The van der Waals surface area contributed by atoms with Gasteiger partial charge in [-0.05, 0) is 0 Å². The minimum atomic E-state index is -0.511. The highest BCUT2D eigenvalue weighted by atomic mass is 32.2. The molecule has 0 bridgehead atoms. The number of nitro groups is 1. The van der Waals surface area contributed by atoms with E-state index < -0.39 is 4.92 Å². The Bertz CT molecular complexity index is 624. The van der Waals surface area contributed by atoms with Crippen LogP contribution in [0.4, 0.5) is 5.69 Å². The second kappa shape index (κ2) is 5.66. The quantitative estimate of drug-likeness (QED) is 0.362. The molecule has 1 heterocycles. The highest BCUT2D eigenvalue weighted by Crippen LogP contribution is 2.18. The van der Waals surface area contributed by atoms with Gasteiger partial charge in [0.15, 0.2) is 10.9 Å². The van der Waals surface area contributed by atoms with E-state index in [0.717, 1.165) is 5.16 Å². The molecule has 0 spiro atoms. The maximum atomic E-state index is 11.9. The van der Waals surface area contributed by atoms with Crippen LogP contribution in [0.1, 0.15) is 10.4 Å². The lowest BCUT2D eigenvalue weighted by atomic mass is 10.1. The van der Waals surface area contributed by atoms with Gasteiger partial charge >= 0.3 is 0 Å². The van der Waals surface area contributed by atoms with Crippen molar-refractivity contribution in [2.24, 2.45) is 7.05 Å². The molecule has 98 valence electrons. The fraction of sp³-hybridized carbons (Fsp3) is 0.167. The lowest BCUT2D eigenvalue weighted by molar-refractivity contribution is -0.384. The highest BCUT2D eigenvalue weighted by Gasteiger charge is 2.12. The van der Waals surface area contributed by atoms with Crippen molar-refractivity contribution < 1.29 is 9.72 Å². The zero-order chi connectivity index (χ0) is 13.8. The molecule has 0 aliphatic rings. The number of aryl methyl sites for hydroxylation is 1. The SMILES string of the molecule is Cn1ccnc1SCC(=O)c1cccc([N+](=O)[O-])c1. The van der Waals surface area contributed by atoms with Crippen LogP contribution in [-0.2, 0) is 7.05 Å². The van der Waals surface area contributed by atoms with Crippen LogP contribution in [0, 0.1) is 10.1 Å². The number of hydrogen-bond donors (Lipinski definition) is 0. The number of thioether (sulfide) groups is 1. The smallest absolute Gasteiger partial charge is 0.270 e. The van der Waals surface area contributed by atoms with Crippen molar-refractivity contribution >= 4 is 23.2 Å². The second-order valence-corrected chi connectivity index (χ2v) is 4.78. The summed E-state index contributed by atoms with van der Waals surface area (Å²) in [5.74, 6) is 0.0446. The Kier molecular flexibility index (Phi) is 3.96. The largest absolute Gasteiger partial charge is 0.329 e. The predicted molar refractivity (Wildman–Crippen MR) is 71.4 cm³/mol. The lowest BCUT2D eigenvalue weighted by Gasteiger charge is -2.01. The number of nitrogens with zero attached hydrogens (tertiary/aromatic N) is 3. The van der Waals surface area contributed by atoms with Gasteiger partial charge in [-0.15, -0.1) is 0 Å². The van der Waals surface area contributed by atoms with Gasteiger partial charge < -0.3 is 4.57 Å². The first-order chi connectivity index (χ1) is 9.08. The molecule has 7 heteroatoms. The van der Waals surface area contributed by atoms with Gasteiger partial charge in [-0.1, -0.05) is 23.9 Å². The fourth-order valence-electron chi connectivity index (χ4n) is 1.50. The van der Waals surface area contributed by atoms with Crippen molar-refractivity contribution in [1.29, 1.82) is 0 Å². The van der Waals surface area contributed by atoms with Crippen molar-refractivity contribution in [3.8, 4) is 0 Å². The van der Waals surface area contributed by atoms with Crippen molar-refractivity contribution in [1.82, 2.24) is 9.55 Å². The fourth-order valence-corrected chi connectivity index (χ4v) is 2.32. The van der Waals surface area contributed by atoms with Crippen LogP contribution in [0.5, 0.6) is 0 Å². The molecule has 0 atom stereocenters. The Hall–Kier alpha value is -2.15. The van der Waals surface area contributed by atoms with Crippen molar-refractivity contribution in [3.05, 3.63) is 52.3 Å². The van der Waals surface area contributed by atoms with Gasteiger partial charge in [0.05, 0.1) is 10.7 Å². The summed E-state index contributed by atoms with van der Waals surface area (Å²) in [6.07, 6.45) is 3.44. The third kappa shape index (κ3) is 3.19. The number of non-ortho nitro benzene ring substituents is 1. The molecule has 0 N–H and O–H groups in total. The number of ketones is 1. The number of imidazole rings is 1. The number of carbonyl (C=O) groups excluding carboxylic acids is 1. The third-order valence-corrected chi connectivity index (χ3v) is 3.55. The average molecular weight is 277 g/mol. The first-order valence-electron chi connectivity index (χ1n) is 5.45. The zero-order valence-electron chi connectivity index (χ0n) is 10.1. The molecule has 0 amide bonds.